The first-order valence-corrected chi connectivity index (χ1v) is 5.14. The molecule has 0 saturated carbocycles. The van der Waals surface area contributed by atoms with E-state index in [0.29, 0.717) is 18.7 Å². The van der Waals surface area contributed by atoms with Crippen molar-refractivity contribution in [1.29, 1.82) is 0 Å². The molecule has 2 N–H and O–H groups in total. The minimum atomic E-state index is -0.343. The zero-order chi connectivity index (χ0) is 11.8. The summed E-state index contributed by atoms with van der Waals surface area (Å²) < 4.78 is 17.8. The van der Waals surface area contributed by atoms with Crippen LogP contribution in [0.4, 0.5) is 4.39 Å². The van der Waals surface area contributed by atoms with Gasteiger partial charge in [-0.2, -0.15) is 0 Å². The van der Waals surface area contributed by atoms with E-state index >= 15 is 0 Å². The molecular weight excluding hydrogens is 209 g/mol. The molecule has 16 heavy (non-hydrogen) atoms. The highest BCUT2D eigenvalue weighted by atomic mass is 19.1. The number of phenols is 1. The van der Waals surface area contributed by atoms with Gasteiger partial charge in [0.25, 0.3) is 0 Å². The summed E-state index contributed by atoms with van der Waals surface area (Å²) in [6.45, 7) is 5.21. The Morgan fingerprint density at radius 3 is 3.06 bits per heavy atom. The van der Waals surface area contributed by atoms with Crippen LogP contribution in [0.1, 0.15) is 12.0 Å². The van der Waals surface area contributed by atoms with Crippen LogP contribution in [0.3, 0.4) is 0 Å². The van der Waals surface area contributed by atoms with Crippen molar-refractivity contribution >= 4 is 0 Å². The van der Waals surface area contributed by atoms with Crippen molar-refractivity contribution in [3.8, 4) is 5.75 Å². The van der Waals surface area contributed by atoms with Crippen LogP contribution in [-0.4, -0.2) is 18.3 Å². The number of ether oxygens (including phenoxy) is 1. The maximum Gasteiger partial charge on any atom is 0.123 e. The van der Waals surface area contributed by atoms with Gasteiger partial charge >= 0.3 is 0 Å². The molecule has 0 saturated heterocycles. The van der Waals surface area contributed by atoms with Crippen molar-refractivity contribution in [1.82, 2.24) is 5.32 Å². The van der Waals surface area contributed by atoms with Crippen molar-refractivity contribution in [2.75, 3.05) is 13.2 Å². The van der Waals surface area contributed by atoms with Gasteiger partial charge in [-0.05, 0) is 31.2 Å². The molecule has 0 aliphatic heterocycles. The fourth-order valence-electron chi connectivity index (χ4n) is 1.28. The highest BCUT2D eigenvalue weighted by molar-refractivity contribution is 5.32. The van der Waals surface area contributed by atoms with E-state index in [0.717, 1.165) is 13.0 Å². The summed E-state index contributed by atoms with van der Waals surface area (Å²) in [4.78, 5) is 0. The van der Waals surface area contributed by atoms with E-state index in [-0.39, 0.29) is 11.6 Å². The highest BCUT2D eigenvalue weighted by Gasteiger charge is 2.01. The lowest BCUT2D eigenvalue weighted by atomic mass is 10.2. The van der Waals surface area contributed by atoms with E-state index in [1.54, 1.807) is 0 Å². The minimum absolute atomic E-state index is 0.108. The molecule has 0 amide bonds. The third kappa shape index (κ3) is 4.31. The lowest BCUT2D eigenvalue weighted by Gasteiger charge is -2.06. The number of phenolic OH excluding ortho intramolecular Hbond substituents is 1. The second kappa shape index (κ2) is 6.85. The van der Waals surface area contributed by atoms with E-state index in [9.17, 15) is 9.50 Å². The lowest BCUT2D eigenvalue weighted by Crippen LogP contribution is -2.16. The number of hydrogen-bond acceptors (Lipinski definition) is 3. The molecule has 0 fully saturated rings. The Kier molecular flexibility index (Phi) is 5.36. The van der Waals surface area contributed by atoms with Crippen LogP contribution in [0.25, 0.3) is 0 Å². The minimum Gasteiger partial charge on any atom is -0.508 e. The predicted octanol–water partition coefficient (Wildman–Crippen LogP) is 2.17. The Balaban J connectivity index is 2.26. The van der Waals surface area contributed by atoms with Gasteiger partial charge in [0.15, 0.2) is 0 Å². The van der Waals surface area contributed by atoms with E-state index in [4.69, 9.17) is 4.74 Å². The summed E-state index contributed by atoms with van der Waals surface area (Å²) >= 11 is 0. The number of hydrogen-bond donors (Lipinski definition) is 2. The second-order valence-corrected chi connectivity index (χ2v) is 3.34. The third-order valence-corrected chi connectivity index (χ3v) is 2.09. The maximum atomic E-state index is 12.9. The second-order valence-electron chi connectivity index (χ2n) is 3.34. The van der Waals surface area contributed by atoms with Crippen molar-refractivity contribution in [2.24, 2.45) is 0 Å². The molecule has 1 aromatic carbocycles. The summed E-state index contributed by atoms with van der Waals surface area (Å²) in [5.74, 6) is -0.235. The summed E-state index contributed by atoms with van der Waals surface area (Å²) in [6.07, 6.45) is 2.24. The topological polar surface area (TPSA) is 41.5 Å². The van der Waals surface area contributed by atoms with Gasteiger partial charge in [0, 0.05) is 12.1 Å². The van der Waals surface area contributed by atoms with E-state index in [1.807, 2.05) is 0 Å². The molecule has 0 radical (unpaired) electrons. The molecule has 0 unspecified atom stereocenters. The molecule has 88 valence electrons. The Morgan fingerprint density at radius 2 is 2.31 bits per heavy atom. The number of nitrogens with one attached hydrogen (secondary N) is 1. The van der Waals surface area contributed by atoms with Crippen molar-refractivity contribution in [3.05, 3.63) is 42.4 Å². The van der Waals surface area contributed by atoms with Crippen LogP contribution >= 0.6 is 0 Å². The van der Waals surface area contributed by atoms with Gasteiger partial charge in [0.2, 0.25) is 0 Å². The fourth-order valence-corrected chi connectivity index (χ4v) is 1.28. The highest BCUT2D eigenvalue weighted by Crippen LogP contribution is 2.17. The van der Waals surface area contributed by atoms with Crippen molar-refractivity contribution < 1.29 is 14.2 Å². The first-order valence-electron chi connectivity index (χ1n) is 5.14. The van der Waals surface area contributed by atoms with Gasteiger partial charge in [0.1, 0.15) is 11.6 Å². The predicted molar refractivity (Wildman–Crippen MR) is 60.5 cm³/mol. The van der Waals surface area contributed by atoms with E-state index < -0.39 is 0 Å². The van der Waals surface area contributed by atoms with Gasteiger partial charge in [-0.1, -0.05) is 6.58 Å². The average Bonchev–Trinajstić information content (AvgIpc) is 2.28. The first-order chi connectivity index (χ1) is 7.74. The summed E-state index contributed by atoms with van der Waals surface area (Å²) in [7, 11) is 0. The van der Waals surface area contributed by atoms with Gasteiger partial charge in [-0.3, -0.25) is 0 Å². The molecule has 0 aliphatic rings. The molecule has 0 aliphatic carbocycles. The number of rotatable bonds is 7. The van der Waals surface area contributed by atoms with Crippen LogP contribution in [0.5, 0.6) is 5.75 Å². The van der Waals surface area contributed by atoms with Crippen LogP contribution in [0, 0.1) is 5.82 Å². The van der Waals surface area contributed by atoms with Crippen LogP contribution in [-0.2, 0) is 11.3 Å². The summed E-state index contributed by atoms with van der Waals surface area (Å²) in [5, 5.41) is 12.5. The van der Waals surface area contributed by atoms with Crippen molar-refractivity contribution in [2.45, 2.75) is 13.0 Å². The molecule has 1 aromatic rings. The monoisotopic (exact) mass is 225 g/mol. The quantitative estimate of drug-likeness (QED) is 0.552. The Morgan fingerprint density at radius 1 is 1.50 bits per heavy atom. The average molecular weight is 225 g/mol. The zero-order valence-corrected chi connectivity index (χ0v) is 9.08. The summed E-state index contributed by atoms with van der Waals surface area (Å²) in [5.41, 5.74) is 0.560. The van der Waals surface area contributed by atoms with Gasteiger partial charge < -0.3 is 15.2 Å². The Hall–Kier alpha value is -1.55. The smallest absolute Gasteiger partial charge is 0.123 e. The molecular formula is C12H16FNO2. The van der Waals surface area contributed by atoms with Crippen LogP contribution in [0.2, 0.25) is 0 Å². The normalized spacial score (nSPS) is 10.1. The summed E-state index contributed by atoms with van der Waals surface area (Å²) in [6, 6.07) is 3.91. The Labute approximate surface area is 94.6 Å². The van der Waals surface area contributed by atoms with Crippen LogP contribution < -0.4 is 5.32 Å². The van der Waals surface area contributed by atoms with E-state index in [2.05, 4.69) is 11.9 Å². The number of benzene rings is 1. The largest absolute Gasteiger partial charge is 0.508 e. The fraction of sp³-hybridized carbons (Fsp3) is 0.333. The van der Waals surface area contributed by atoms with Gasteiger partial charge in [-0.15, -0.1) is 0 Å². The molecule has 0 heterocycles. The Bertz CT molecular complexity index is 342. The molecule has 0 bridgehead atoms. The molecule has 0 aromatic heterocycles. The third-order valence-electron chi connectivity index (χ3n) is 2.09. The molecule has 0 spiro atoms. The van der Waals surface area contributed by atoms with Gasteiger partial charge in [-0.25, -0.2) is 4.39 Å². The maximum absolute atomic E-state index is 12.9. The first kappa shape index (κ1) is 12.5. The van der Waals surface area contributed by atoms with E-state index in [1.165, 1.54) is 24.5 Å². The molecule has 0 atom stereocenters. The van der Waals surface area contributed by atoms with Gasteiger partial charge in [0.05, 0.1) is 12.9 Å². The lowest BCUT2D eigenvalue weighted by molar-refractivity contribution is 0.244. The standard InChI is InChI=1S/C12H16FNO2/c1-2-16-7-3-6-14-9-10-8-11(13)4-5-12(10)15/h2,4-5,8,14-15H,1,3,6-7,9H2. The molecule has 4 heteroatoms. The molecule has 3 nitrogen and oxygen atoms in total. The number of aromatic hydroxyl groups is 1. The SMILES string of the molecule is C=COCCCNCc1cc(F)ccc1O. The van der Waals surface area contributed by atoms with Crippen molar-refractivity contribution in [3.63, 3.8) is 0 Å². The van der Waals surface area contributed by atoms with Crippen LogP contribution in [0.15, 0.2) is 31.0 Å². The zero-order valence-electron chi connectivity index (χ0n) is 9.08. The molecule has 1 rings (SSSR count). The number of halogens is 1.